The summed E-state index contributed by atoms with van der Waals surface area (Å²) in [5.41, 5.74) is 3.51. The normalized spacial score (nSPS) is 17.1. The molecule has 0 spiro atoms. The lowest BCUT2D eigenvalue weighted by atomic mass is 10.2. The van der Waals surface area contributed by atoms with Crippen molar-refractivity contribution in [3.8, 4) is 0 Å². The summed E-state index contributed by atoms with van der Waals surface area (Å²) in [5, 5.41) is 0.669. The van der Waals surface area contributed by atoms with Gasteiger partial charge in [0.05, 0.1) is 5.75 Å². The number of rotatable bonds is 4. The second-order valence-electron chi connectivity index (χ2n) is 4.08. The molecule has 1 aromatic rings. The van der Waals surface area contributed by atoms with Gasteiger partial charge in [0.2, 0.25) is 0 Å². The quantitative estimate of drug-likeness (QED) is 0.626. The topological polar surface area (TPSA) is 73.1 Å². The minimum atomic E-state index is 0.669. The van der Waals surface area contributed by atoms with Gasteiger partial charge in [0, 0.05) is 30.2 Å². The maximum Gasteiger partial charge on any atom is 0.143 e. The molecule has 94 valence electrons. The lowest BCUT2D eigenvalue weighted by Crippen LogP contribution is -2.18. The average Bonchev–Trinajstić information content (AvgIpc) is 2.37. The molecular formula is C11H18N4OS. The van der Waals surface area contributed by atoms with Crippen molar-refractivity contribution in [2.45, 2.75) is 30.8 Å². The number of thioether (sulfide) groups is 1. The first kappa shape index (κ1) is 12.6. The van der Waals surface area contributed by atoms with Crippen LogP contribution in [0, 0.1) is 6.92 Å². The molecule has 0 radical (unpaired) electrons. The minimum absolute atomic E-state index is 0.669. The standard InChI is InChI=1S/C11H18N4OS/c1-8-6-10(15-12)14-11(13-8)7-17-9-2-4-16-5-3-9/h6,9H,2-5,7,12H2,1H3,(H,13,14,15). The van der Waals surface area contributed by atoms with Crippen molar-refractivity contribution in [1.82, 2.24) is 9.97 Å². The van der Waals surface area contributed by atoms with Gasteiger partial charge in [-0.2, -0.15) is 11.8 Å². The first-order valence-corrected chi connectivity index (χ1v) is 6.83. The zero-order chi connectivity index (χ0) is 12.1. The van der Waals surface area contributed by atoms with Crippen LogP contribution in [-0.2, 0) is 10.5 Å². The molecule has 1 saturated heterocycles. The van der Waals surface area contributed by atoms with Gasteiger partial charge in [0.1, 0.15) is 11.6 Å². The average molecular weight is 254 g/mol. The fourth-order valence-corrected chi connectivity index (χ4v) is 2.84. The monoisotopic (exact) mass is 254 g/mol. The second-order valence-corrected chi connectivity index (χ2v) is 5.37. The summed E-state index contributed by atoms with van der Waals surface area (Å²) in [4.78, 5) is 8.74. The Hall–Kier alpha value is -0.850. The molecule has 3 N–H and O–H groups in total. The molecule has 0 aliphatic carbocycles. The predicted octanol–water partition coefficient (Wildman–Crippen LogP) is 1.48. The van der Waals surface area contributed by atoms with Crippen LogP contribution in [0.4, 0.5) is 5.82 Å². The van der Waals surface area contributed by atoms with Crippen molar-refractivity contribution in [2.24, 2.45) is 5.84 Å². The van der Waals surface area contributed by atoms with Crippen LogP contribution < -0.4 is 11.3 Å². The van der Waals surface area contributed by atoms with Crippen LogP contribution in [0.5, 0.6) is 0 Å². The van der Waals surface area contributed by atoms with E-state index < -0.39 is 0 Å². The van der Waals surface area contributed by atoms with E-state index in [2.05, 4.69) is 15.4 Å². The van der Waals surface area contributed by atoms with Crippen molar-refractivity contribution < 1.29 is 4.74 Å². The molecule has 6 heteroatoms. The summed E-state index contributed by atoms with van der Waals surface area (Å²) in [6, 6.07) is 1.84. The summed E-state index contributed by atoms with van der Waals surface area (Å²) in [6.45, 7) is 3.70. The third kappa shape index (κ3) is 3.83. The van der Waals surface area contributed by atoms with Gasteiger partial charge in [-0.25, -0.2) is 15.8 Å². The second kappa shape index (κ2) is 6.18. The smallest absolute Gasteiger partial charge is 0.143 e. The van der Waals surface area contributed by atoms with Gasteiger partial charge in [0.15, 0.2) is 0 Å². The Morgan fingerprint density at radius 1 is 1.47 bits per heavy atom. The molecule has 1 aliphatic heterocycles. The third-order valence-corrected chi connectivity index (χ3v) is 4.03. The molecule has 5 nitrogen and oxygen atoms in total. The molecule has 1 fully saturated rings. The number of nitrogen functional groups attached to an aromatic ring is 1. The number of anilines is 1. The van der Waals surface area contributed by atoms with Gasteiger partial charge in [0.25, 0.3) is 0 Å². The van der Waals surface area contributed by atoms with Crippen molar-refractivity contribution in [3.05, 3.63) is 17.6 Å². The Balaban J connectivity index is 1.91. The van der Waals surface area contributed by atoms with Crippen LogP contribution in [0.25, 0.3) is 0 Å². The Bertz CT molecular complexity index is 368. The number of hydrogen-bond acceptors (Lipinski definition) is 6. The first-order chi connectivity index (χ1) is 8.28. The van der Waals surface area contributed by atoms with E-state index >= 15 is 0 Å². The van der Waals surface area contributed by atoms with Gasteiger partial charge in [-0.05, 0) is 19.8 Å². The highest BCUT2D eigenvalue weighted by Gasteiger charge is 2.14. The van der Waals surface area contributed by atoms with Crippen LogP contribution >= 0.6 is 11.8 Å². The Morgan fingerprint density at radius 2 is 2.24 bits per heavy atom. The number of nitrogens with one attached hydrogen (secondary N) is 1. The van der Waals surface area contributed by atoms with E-state index in [0.29, 0.717) is 11.1 Å². The van der Waals surface area contributed by atoms with Crippen molar-refractivity contribution in [2.75, 3.05) is 18.6 Å². The Morgan fingerprint density at radius 3 is 2.94 bits per heavy atom. The fourth-order valence-electron chi connectivity index (χ4n) is 1.80. The molecule has 0 atom stereocenters. The largest absolute Gasteiger partial charge is 0.381 e. The third-order valence-electron chi connectivity index (χ3n) is 2.66. The molecule has 2 heterocycles. The molecule has 0 amide bonds. The SMILES string of the molecule is Cc1cc(NN)nc(CSC2CCOCC2)n1. The highest BCUT2D eigenvalue weighted by molar-refractivity contribution is 7.99. The van der Waals surface area contributed by atoms with E-state index in [-0.39, 0.29) is 0 Å². The summed E-state index contributed by atoms with van der Waals surface area (Å²) >= 11 is 1.90. The van der Waals surface area contributed by atoms with E-state index in [9.17, 15) is 0 Å². The van der Waals surface area contributed by atoms with Crippen molar-refractivity contribution >= 4 is 17.6 Å². The van der Waals surface area contributed by atoms with Crippen LogP contribution in [0.3, 0.4) is 0 Å². The molecule has 0 saturated carbocycles. The highest BCUT2D eigenvalue weighted by Crippen LogP contribution is 2.24. The van der Waals surface area contributed by atoms with E-state index in [1.165, 1.54) is 0 Å². The molecular weight excluding hydrogens is 236 g/mol. The van der Waals surface area contributed by atoms with E-state index in [0.717, 1.165) is 43.3 Å². The van der Waals surface area contributed by atoms with Crippen molar-refractivity contribution in [1.29, 1.82) is 0 Å². The number of aryl methyl sites for hydroxylation is 1. The van der Waals surface area contributed by atoms with Crippen LogP contribution in [0.1, 0.15) is 24.4 Å². The first-order valence-electron chi connectivity index (χ1n) is 5.78. The molecule has 1 aliphatic rings. The van der Waals surface area contributed by atoms with E-state index in [1.54, 1.807) is 0 Å². The summed E-state index contributed by atoms with van der Waals surface area (Å²) in [6.07, 6.45) is 2.25. The van der Waals surface area contributed by atoms with Crippen LogP contribution in [0.2, 0.25) is 0 Å². The highest BCUT2D eigenvalue weighted by atomic mass is 32.2. The lowest BCUT2D eigenvalue weighted by molar-refractivity contribution is 0.1000. The zero-order valence-corrected chi connectivity index (χ0v) is 10.8. The predicted molar refractivity (Wildman–Crippen MR) is 69.7 cm³/mol. The molecule has 0 aromatic carbocycles. The Kier molecular flexibility index (Phi) is 4.58. The van der Waals surface area contributed by atoms with E-state index in [1.807, 2.05) is 24.8 Å². The summed E-state index contributed by atoms with van der Waals surface area (Å²) in [5.74, 6) is 7.72. The van der Waals surface area contributed by atoms with Gasteiger partial charge in [-0.3, -0.25) is 0 Å². The number of hydrazine groups is 1. The van der Waals surface area contributed by atoms with Crippen LogP contribution in [0.15, 0.2) is 6.07 Å². The fraction of sp³-hybridized carbons (Fsp3) is 0.636. The van der Waals surface area contributed by atoms with Crippen LogP contribution in [-0.4, -0.2) is 28.4 Å². The number of ether oxygens (including phenoxy) is 1. The summed E-state index contributed by atoms with van der Waals surface area (Å²) < 4.78 is 5.34. The van der Waals surface area contributed by atoms with Gasteiger partial charge in [-0.1, -0.05) is 0 Å². The maximum absolute atomic E-state index is 5.36. The number of nitrogens with two attached hydrogens (primary N) is 1. The molecule has 0 bridgehead atoms. The molecule has 1 aromatic heterocycles. The lowest BCUT2D eigenvalue weighted by Gasteiger charge is -2.21. The molecule has 0 unspecified atom stereocenters. The maximum atomic E-state index is 5.36. The van der Waals surface area contributed by atoms with Gasteiger partial charge >= 0.3 is 0 Å². The molecule has 2 rings (SSSR count). The molecule has 17 heavy (non-hydrogen) atoms. The van der Waals surface area contributed by atoms with Gasteiger partial charge in [-0.15, -0.1) is 0 Å². The number of aromatic nitrogens is 2. The minimum Gasteiger partial charge on any atom is -0.381 e. The zero-order valence-electron chi connectivity index (χ0n) is 9.98. The van der Waals surface area contributed by atoms with E-state index in [4.69, 9.17) is 10.6 Å². The summed E-state index contributed by atoms with van der Waals surface area (Å²) in [7, 11) is 0. The number of nitrogens with zero attached hydrogens (tertiary/aromatic N) is 2. The Labute approximate surface area is 106 Å². The van der Waals surface area contributed by atoms with Crippen molar-refractivity contribution in [3.63, 3.8) is 0 Å². The van der Waals surface area contributed by atoms with Gasteiger partial charge < -0.3 is 10.2 Å². The number of hydrogen-bond donors (Lipinski definition) is 2.